The van der Waals surface area contributed by atoms with Gasteiger partial charge in [0.2, 0.25) is 0 Å². The first-order valence-electron chi connectivity index (χ1n) is 12.7. The molecule has 1 atom stereocenters. The number of amides is 2. The summed E-state index contributed by atoms with van der Waals surface area (Å²) in [6, 6.07) is 9.55. The first kappa shape index (κ1) is 25.3. The molecule has 40 heavy (non-hydrogen) atoms. The van der Waals surface area contributed by atoms with Gasteiger partial charge in [-0.3, -0.25) is 9.59 Å². The summed E-state index contributed by atoms with van der Waals surface area (Å²) in [7, 11) is 0. The van der Waals surface area contributed by atoms with Crippen LogP contribution in [0.4, 0.5) is 4.39 Å². The fraction of sp³-hybridized carbons (Fsp3) is 0.250. The zero-order valence-electron chi connectivity index (χ0n) is 21.7. The van der Waals surface area contributed by atoms with Gasteiger partial charge in [-0.15, -0.1) is 0 Å². The Hall–Kier alpha value is -5.00. The van der Waals surface area contributed by atoms with Crippen LogP contribution in [-0.4, -0.2) is 43.1 Å². The topological polar surface area (TPSA) is 140 Å². The lowest BCUT2D eigenvalue weighted by Gasteiger charge is -2.16. The average molecular weight is 542 g/mol. The van der Waals surface area contributed by atoms with E-state index in [9.17, 15) is 18.8 Å². The highest BCUT2D eigenvalue weighted by molar-refractivity contribution is 6.12. The van der Waals surface area contributed by atoms with Gasteiger partial charge in [0.1, 0.15) is 23.5 Å². The molecule has 12 heteroatoms. The zero-order valence-corrected chi connectivity index (χ0v) is 21.7. The summed E-state index contributed by atoms with van der Waals surface area (Å²) in [5, 5.41) is 13.8. The molecule has 202 valence electrons. The molecule has 0 spiro atoms. The van der Waals surface area contributed by atoms with E-state index in [2.05, 4.69) is 30.9 Å². The van der Waals surface area contributed by atoms with E-state index in [4.69, 9.17) is 4.84 Å². The Labute approximate surface area is 227 Å². The number of benzene rings is 2. The number of aromatic nitrogens is 4. The van der Waals surface area contributed by atoms with E-state index in [1.165, 1.54) is 23.0 Å². The Morgan fingerprint density at radius 3 is 2.77 bits per heavy atom. The number of fused-ring (bicyclic) bond motifs is 2. The van der Waals surface area contributed by atoms with Crippen LogP contribution in [0.2, 0.25) is 0 Å². The number of oxime groups is 1. The maximum Gasteiger partial charge on any atom is 0.341 e. The maximum absolute atomic E-state index is 13.6. The van der Waals surface area contributed by atoms with Gasteiger partial charge in [0.05, 0.1) is 18.2 Å². The quantitative estimate of drug-likeness (QED) is 0.358. The molecule has 2 N–H and O–H groups in total. The lowest BCUT2D eigenvalue weighted by atomic mass is 9.94. The molecule has 4 aromatic rings. The lowest BCUT2D eigenvalue weighted by molar-refractivity contribution is -0.140. The molecule has 0 bridgehead atoms. The second-order valence-corrected chi connectivity index (χ2v) is 9.81. The number of halogens is 1. The summed E-state index contributed by atoms with van der Waals surface area (Å²) < 4.78 is 14.9. The molecule has 2 aromatic heterocycles. The highest BCUT2D eigenvalue weighted by atomic mass is 19.1. The molecule has 0 radical (unpaired) electrons. The lowest BCUT2D eigenvalue weighted by Crippen LogP contribution is -2.30. The minimum atomic E-state index is -0.506. The van der Waals surface area contributed by atoms with Crippen molar-refractivity contribution in [3.63, 3.8) is 0 Å². The summed E-state index contributed by atoms with van der Waals surface area (Å²) in [5.74, 6) is -1.53. The molecular formula is C28H24FN7O4. The van der Waals surface area contributed by atoms with Crippen molar-refractivity contribution in [3.05, 3.63) is 93.3 Å². The number of carbonyl (C=O) groups excluding carboxylic acids is 3. The van der Waals surface area contributed by atoms with Crippen molar-refractivity contribution in [2.24, 2.45) is 5.16 Å². The summed E-state index contributed by atoms with van der Waals surface area (Å²) in [5.41, 5.74) is 5.87. The first-order chi connectivity index (χ1) is 19.3. The van der Waals surface area contributed by atoms with Crippen LogP contribution in [0.15, 0.2) is 47.9 Å². The molecule has 1 aliphatic carbocycles. The summed E-state index contributed by atoms with van der Waals surface area (Å²) in [6.07, 6.45) is 2.82. The van der Waals surface area contributed by atoms with Crippen LogP contribution in [0.25, 0.3) is 5.78 Å². The van der Waals surface area contributed by atoms with E-state index in [0.717, 1.165) is 34.2 Å². The number of nitrogens with one attached hydrogen (secondary N) is 2. The summed E-state index contributed by atoms with van der Waals surface area (Å²) in [4.78, 5) is 51.0. The molecule has 0 saturated carbocycles. The summed E-state index contributed by atoms with van der Waals surface area (Å²) in [6.45, 7) is 3.79. The molecule has 0 unspecified atom stereocenters. The van der Waals surface area contributed by atoms with E-state index in [0.29, 0.717) is 17.7 Å². The second-order valence-electron chi connectivity index (χ2n) is 9.81. The van der Waals surface area contributed by atoms with Gasteiger partial charge in [-0.25, -0.2) is 14.2 Å². The molecule has 0 saturated heterocycles. The Kier molecular flexibility index (Phi) is 6.29. The van der Waals surface area contributed by atoms with Crippen LogP contribution in [-0.2, 0) is 22.6 Å². The number of hydrogen-bond donors (Lipinski definition) is 2. The minimum absolute atomic E-state index is 0.00546. The molecule has 2 amide bonds. The standard InChI is InChI=1S/C28H24FN7O4/c1-14-9-16(3-7-20(14)29)12-30-26(38)23-10-24(36-28(34-23)31-13-32-36)27(39)33-21-8-6-17-15(2)18(4-5-19(17)21)22-11-25(37)40-35-22/h3-5,7,9-10,13,21H,6,8,11-12H2,1-2H3,(H,30,38)(H,33,39)/t21-/m0/s1. The fourth-order valence-corrected chi connectivity index (χ4v) is 5.21. The molecule has 2 aliphatic rings. The van der Waals surface area contributed by atoms with E-state index in [1.807, 2.05) is 19.1 Å². The van der Waals surface area contributed by atoms with Gasteiger partial charge in [-0.05, 0) is 60.6 Å². The van der Waals surface area contributed by atoms with Gasteiger partial charge in [0, 0.05) is 18.2 Å². The third kappa shape index (κ3) is 4.57. The van der Waals surface area contributed by atoms with Crippen LogP contribution in [0, 0.1) is 19.7 Å². The van der Waals surface area contributed by atoms with Crippen LogP contribution in [0.1, 0.15) is 73.2 Å². The van der Waals surface area contributed by atoms with E-state index in [-0.39, 0.29) is 48.0 Å². The summed E-state index contributed by atoms with van der Waals surface area (Å²) >= 11 is 0. The van der Waals surface area contributed by atoms with Gasteiger partial charge in [-0.1, -0.05) is 29.4 Å². The van der Waals surface area contributed by atoms with Crippen LogP contribution in [0.5, 0.6) is 0 Å². The Bertz CT molecular complexity index is 1750. The van der Waals surface area contributed by atoms with Crippen LogP contribution in [0.3, 0.4) is 0 Å². The molecule has 6 rings (SSSR count). The van der Waals surface area contributed by atoms with E-state index >= 15 is 0 Å². The highest BCUT2D eigenvalue weighted by Gasteiger charge is 2.30. The molecule has 2 aromatic carbocycles. The van der Waals surface area contributed by atoms with Crippen molar-refractivity contribution in [2.75, 3.05) is 0 Å². The van der Waals surface area contributed by atoms with Crippen molar-refractivity contribution < 1.29 is 23.6 Å². The van der Waals surface area contributed by atoms with Gasteiger partial charge in [0.15, 0.2) is 0 Å². The SMILES string of the molecule is Cc1cc(CNC(=O)c2cc(C(=O)N[C@H]3CCc4c3ccc(C3=NOC(=O)C3)c4C)n3ncnc3n2)ccc1F. The van der Waals surface area contributed by atoms with Gasteiger partial charge >= 0.3 is 5.97 Å². The van der Waals surface area contributed by atoms with Crippen molar-refractivity contribution in [1.82, 2.24) is 30.2 Å². The van der Waals surface area contributed by atoms with Gasteiger partial charge in [-0.2, -0.15) is 14.6 Å². The predicted molar refractivity (Wildman–Crippen MR) is 140 cm³/mol. The van der Waals surface area contributed by atoms with Gasteiger partial charge in [0.25, 0.3) is 17.6 Å². The Balaban J connectivity index is 1.22. The minimum Gasteiger partial charge on any atom is -0.347 e. The zero-order chi connectivity index (χ0) is 28.0. The molecule has 1 aliphatic heterocycles. The number of aryl methyl sites for hydroxylation is 1. The van der Waals surface area contributed by atoms with Crippen molar-refractivity contribution in [1.29, 1.82) is 0 Å². The number of rotatable bonds is 6. The van der Waals surface area contributed by atoms with Crippen molar-refractivity contribution >= 4 is 29.3 Å². The molecule has 11 nitrogen and oxygen atoms in total. The second kappa shape index (κ2) is 9.95. The van der Waals surface area contributed by atoms with Crippen LogP contribution < -0.4 is 10.6 Å². The van der Waals surface area contributed by atoms with Crippen molar-refractivity contribution in [2.45, 2.75) is 45.7 Å². The highest BCUT2D eigenvalue weighted by Crippen LogP contribution is 2.35. The predicted octanol–water partition coefficient (Wildman–Crippen LogP) is 2.88. The van der Waals surface area contributed by atoms with Crippen molar-refractivity contribution in [3.8, 4) is 0 Å². The Morgan fingerprint density at radius 1 is 1.15 bits per heavy atom. The van der Waals surface area contributed by atoms with Gasteiger partial charge < -0.3 is 15.5 Å². The van der Waals surface area contributed by atoms with Crippen LogP contribution >= 0.6 is 0 Å². The molecule has 0 fully saturated rings. The monoisotopic (exact) mass is 541 g/mol. The Morgan fingerprint density at radius 2 is 2.00 bits per heavy atom. The number of carbonyl (C=O) groups is 3. The normalized spacial score (nSPS) is 16.0. The maximum atomic E-state index is 13.6. The largest absolute Gasteiger partial charge is 0.347 e. The average Bonchev–Trinajstić information content (AvgIpc) is 3.69. The third-order valence-corrected chi connectivity index (χ3v) is 7.27. The number of nitrogens with zero attached hydrogens (tertiary/aromatic N) is 5. The van der Waals surface area contributed by atoms with E-state index < -0.39 is 11.8 Å². The molecular weight excluding hydrogens is 517 g/mol. The third-order valence-electron chi connectivity index (χ3n) is 7.27. The number of hydrogen-bond acceptors (Lipinski definition) is 8. The smallest absolute Gasteiger partial charge is 0.341 e. The fourth-order valence-electron chi connectivity index (χ4n) is 5.21. The van der Waals surface area contributed by atoms with E-state index in [1.54, 1.807) is 19.1 Å². The molecule has 3 heterocycles. The first-order valence-corrected chi connectivity index (χ1v) is 12.7.